The quantitative estimate of drug-likeness (QED) is 0.421. The number of benzene rings is 2. The maximum Gasteiger partial charge on any atom is 0.363 e. The smallest absolute Gasteiger partial charge is 0.363 e. The standard InChI is InChI=1S/C19H14INO2/c1-13-12-15(10-11-16(13)20)18-21-17(19(22)23-18)9-5-8-14-6-3-2-4-7-14/h2-12H,1H3/b8-5+,17-9-. The van der Waals surface area contributed by atoms with E-state index in [2.05, 4.69) is 27.6 Å². The van der Waals surface area contributed by atoms with Gasteiger partial charge in [-0.15, -0.1) is 0 Å². The van der Waals surface area contributed by atoms with Gasteiger partial charge in [-0.2, -0.15) is 0 Å². The molecule has 0 N–H and O–H groups in total. The number of aryl methyl sites for hydroxylation is 1. The minimum atomic E-state index is -0.422. The van der Waals surface area contributed by atoms with Crippen molar-refractivity contribution in [3.63, 3.8) is 0 Å². The number of aliphatic imine (C=N–C) groups is 1. The zero-order chi connectivity index (χ0) is 16.2. The van der Waals surface area contributed by atoms with Crippen LogP contribution < -0.4 is 0 Å². The van der Waals surface area contributed by atoms with E-state index >= 15 is 0 Å². The molecule has 0 bridgehead atoms. The number of nitrogens with zero attached hydrogens (tertiary/aromatic N) is 1. The average molecular weight is 415 g/mol. The molecule has 2 aromatic rings. The third kappa shape index (κ3) is 3.76. The molecule has 0 radical (unpaired) electrons. The highest BCUT2D eigenvalue weighted by Gasteiger charge is 2.23. The molecule has 1 aliphatic rings. The molecule has 0 unspecified atom stereocenters. The second-order valence-corrected chi connectivity index (χ2v) is 6.25. The van der Waals surface area contributed by atoms with E-state index in [1.807, 2.05) is 61.5 Å². The summed E-state index contributed by atoms with van der Waals surface area (Å²) in [6.07, 6.45) is 5.39. The second kappa shape index (κ2) is 6.91. The van der Waals surface area contributed by atoms with Crippen molar-refractivity contribution in [1.29, 1.82) is 0 Å². The van der Waals surface area contributed by atoms with Crippen molar-refractivity contribution in [2.45, 2.75) is 6.92 Å². The third-order valence-electron chi connectivity index (χ3n) is 3.37. The molecule has 4 heteroatoms. The Bertz CT molecular complexity index is 836. The van der Waals surface area contributed by atoms with Gasteiger partial charge in [0.05, 0.1) is 0 Å². The van der Waals surface area contributed by atoms with E-state index in [9.17, 15) is 4.79 Å². The lowest BCUT2D eigenvalue weighted by molar-refractivity contribution is -0.130. The minimum absolute atomic E-state index is 0.309. The molecule has 114 valence electrons. The number of rotatable bonds is 3. The summed E-state index contributed by atoms with van der Waals surface area (Å²) in [6.45, 7) is 2.02. The fourth-order valence-corrected chi connectivity index (χ4v) is 2.47. The topological polar surface area (TPSA) is 38.7 Å². The molecule has 0 saturated carbocycles. The van der Waals surface area contributed by atoms with Gasteiger partial charge in [-0.25, -0.2) is 9.79 Å². The van der Waals surface area contributed by atoms with Gasteiger partial charge in [0.25, 0.3) is 0 Å². The van der Waals surface area contributed by atoms with Crippen LogP contribution in [0.2, 0.25) is 0 Å². The molecule has 1 aliphatic heterocycles. The molecule has 23 heavy (non-hydrogen) atoms. The summed E-state index contributed by atoms with van der Waals surface area (Å²) in [6, 6.07) is 15.7. The number of carbonyl (C=O) groups excluding carboxylic acids is 1. The number of esters is 1. The Balaban J connectivity index is 1.82. The van der Waals surface area contributed by atoms with Crippen LogP contribution in [0.25, 0.3) is 6.08 Å². The van der Waals surface area contributed by atoms with E-state index in [4.69, 9.17) is 4.74 Å². The van der Waals surface area contributed by atoms with Crippen LogP contribution in [0.3, 0.4) is 0 Å². The first-order valence-electron chi connectivity index (χ1n) is 7.14. The predicted molar refractivity (Wildman–Crippen MR) is 100 cm³/mol. The Morgan fingerprint density at radius 3 is 2.65 bits per heavy atom. The molecule has 2 aromatic carbocycles. The number of carbonyl (C=O) groups is 1. The molecule has 0 aromatic heterocycles. The Morgan fingerprint density at radius 2 is 1.91 bits per heavy atom. The molecule has 3 nitrogen and oxygen atoms in total. The fourth-order valence-electron chi connectivity index (χ4n) is 2.14. The summed E-state index contributed by atoms with van der Waals surface area (Å²) in [5.74, 6) is -0.0669. The van der Waals surface area contributed by atoms with E-state index in [0.717, 1.165) is 20.3 Å². The average Bonchev–Trinajstić information content (AvgIpc) is 2.92. The van der Waals surface area contributed by atoms with Crippen molar-refractivity contribution in [3.8, 4) is 0 Å². The third-order valence-corrected chi connectivity index (χ3v) is 4.58. The zero-order valence-electron chi connectivity index (χ0n) is 12.5. The molecule has 1 heterocycles. The highest BCUT2D eigenvalue weighted by Crippen LogP contribution is 2.19. The van der Waals surface area contributed by atoms with Crippen molar-refractivity contribution in [2.24, 2.45) is 4.99 Å². The van der Waals surface area contributed by atoms with Gasteiger partial charge < -0.3 is 4.74 Å². The van der Waals surface area contributed by atoms with Gasteiger partial charge in [0, 0.05) is 9.13 Å². The molecule has 0 amide bonds. The monoisotopic (exact) mass is 415 g/mol. The molecular formula is C19H14INO2. The lowest BCUT2D eigenvalue weighted by atomic mass is 10.1. The number of hydrogen-bond donors (Lipinski definition) is 0. The maximum absolute atomic E-state index is 11.9. The zero-order valence-corrected chi connectivity index (χ0v) is 14.7. The normalized spacial score (nSPS) is 16.0. The van der Waals surface area contributed by atoms with E-state index in [1.165, 1.54) is 0 Å². The van der Waals surface area contributed by atoms with Gasteiger partial charge in [0.1, 0.15) is 0 Å². The second-order valence-electron chi connectivity index (χ2n) is 5.09. The molecular weight excluding hydrogens is 401 g/mol. The van der Waals surface area contributed by atoms with E-state index in [-0.39, 0.29) is 0 Å². The summed E-state index contributed by atoms with van der Waals surface area (Å²) in [4.78, 5) is 16.2. The number of ether oxygens (including phenoxy) is 1. The Morgan fingerprint density at radius 1 is 1.13 bits per heavy atom. The van der Waals surface area contributed by atoms with Crippen molar-refractivity contribution in [2.75, 3.05) is 0 Å². The lowest BCUT2D eigenvalue weighted by Crippen LogP contribution is -2.05. The highest BCUT2D eigenvalue weighted by atomic mass is 127. The Labute approximate surface area is 148 Å². The number of halogens is 1. The summed E-state index contributed by atoms with van der Waals surface area (Å²) in [5, 5.41) is 0. The molecule has 0 atom stereocenters. The van der Waals surface area contributed by atoms with Crippen LogP contribution in [-0.2, 0) is 9.53 Å². The van der Waals surface area contributed by atoms with Crippen molar-refractivity contribution in [3.05, 3.63) is 86.6 Å². The number of hydrogen-bond acceptors (Lipinski definition) is 3. The largest absolute Gasteiger partial charge is 0.402 e. The van der Waals surface area contributed by atoms with Crippen LogP contribution in [0.15, 0.2) is 71.4 Å². The summed E-state index contributed by atoms with van der Waals surface area (Å²) in [7, 11) is 0. The van der Waals surface area contributed by atoms with Crippen LogP contribution in [0, 0.1) is 10.5 Å². The first kappa shape index (κ1) is 15.7. The summed E-state index contributed by atoms with van der Waals surface area (Å²) < 4.78 is 6.43. The van der Waals surface area contributed by atoms with Crippen LogP contribution in [0.5, 0.6) is 0 Å². The Hall–Kier alpha value is -2.21. The SMILES string of the molecule is Cc1cc(C2=N/C(=C\C=C\c3ccccc3)C(=O)O2)ccc1I. The highest BCUT2D eigenvalue weighted by molar-refractivity contribution is 14.1. The Kier molecular flexibility index (Phi) is 4.71. The number of cyclic esters (lactones) is 1. The van der Waals surface area contributed by atoms with Crippen LogP contribution in [-0.4, -0.2) is 11.9 Å². The first-order valence-corrected chi connectivity index (χ1v) is 8.22. The van der Waals surface area contributed by atoms with E-state index < -0.39 is 5.97 Å². The number of allylic oxidation sites excluding steroid dienone is 2. The lowest BCUT2D eigenvalue weighted by Gasteiger charge is -2.02. The molecule has 3 rings (SSSR count). The molecule has 0 saturated heterocycles. The van der Waals surface area contributed by atoms with Gasteiger partial charge in [-0.1, -0.05) is 42.5 Å². The van der Waals surface area contributed by atoms with Crippen LogP contribution >= 0.6 is 22.6 Å². The molecule has 0 fully saturated rings. The van der Waals surface area contributed by atoms with Gasteiger partial charge in [0.15, 0.2) is 5.70 Å². The van der Waals surface area contributed by atoms with Gasteiger partial charge in [0.2, 0.25) is 5.90 Å². The first-order chi connectivity index (χ1) is 11.1. The predicted octanol–water partition coefficient (Wildman–Crippen LogP) is 4.50. The summed E-state index contributed by atoms with van der Waals surface area (Å²) in [5.41, 5.74) is 3.31. The fraction of sp³-hybridized carbons (Fsp3) is 0.0526. The van der Waals surface area contributed by atoms with Gasteiger partial charge in [-0.3, -0.25) is 0 Å². The molecule has 0 spiro atoms. The maximum atomic E-state index is 11.9. The van der Waals surface area contributed by atoms with Gasteiger partial charge in [-0.05, 0) is 64.9 Å². The van der Waals surface area contributed by atoms with Crippen molar-refractivity contribution in [1.82, 2.24) is 0 Å². The van der Waals surface area contributed by atoms with Crippen molar-refractivity contribution < 1.29 is 9.53 Å². The van der Waals surface area contributed by atoms with Crippen LogP contribution in [0.4, 0.5) is 0 Å². The van der Waals surface area contributed by atoms with E-state index in [1.54, 1.807) is 12.2 Å². The van der Waals surface area contributed by atoms with Crippen LogP contribution in [0.1, 0.15) is 16.7 Å². The molecule has 0 aliphatic carbocycles. The minimum Gasteiger partial charge on any atom is -0.402 e. The van der Waals surface area contributed by atoms with Crippen molar-refractivity contribution >= 4 is 40.5 Å². The van der Waals surface area contributed by atoms with Gasteiger partial charge >= 0.3 is 5.97 Å². The summed E-state index contributed by atoms with van der Waals surface area (Å²) >= 11 is 2.27. The van der Waals surface area contributed by atoms with E-state index in [0.29, 0.717) is 11.6 Å².